The Morgan fingerprint density at radius 2 is 1.90 bits per heavy atom. The zero-order chi connectivity index (χ0) is 27.9. The van der Waals surface area contributed by atoms with Crippen LogP contribution in [0.3, 0.4) is 0 Å². The predicted molar refractivity (Wildman–Crippen MR) is 149 cm³/mol. The molecule has 5 rings (SSSR count). The predicted octanol–water partition coefficient (Wildman–Crippen LogP) is 4.65. The number of carbonyl (C=O) groups is 1. The summed E-state index contributed by atoms with van der Waals surface area (Å²) in [4.78, 5) is 38.3. The van der Waals surface area contributed by atoms with Crippen molar-refractivity contribution in [1.82, 2.24) is 19.9 Å². The van der Waals surface area contributed by atoms with Gasteiger partial charge in [-0.3, -0.25) is 4.79 Å². The fraction of sp³-hybridized carbons (Fsp3) is 0.296. The molecule has 0 unspecified atom stereocenters. The van der Waals surface area contributed by atoms with Crippen LogP contribution in [0.25, 0.3) is 22.3 Å². The third-order valence-electron chi connectivity index (χ3n) is 6.27. The molecule has 1 saturated heterocycles. The van der Waals surface area contributed by atoms with Gasteiger partial charge in [-0.05, 0) is 49.9 Å². The van der Waals surface area contributed by atoms with Gasteiger partial charge in [0.25, 0.3) is 5.91 Å². The minimum Gasteiger partial charge on any atom is -0.396 e. The van der Waals surface area contributed by atoms with Gasteiger partial charge in [-0.15, -0.1) is 0 Å². The number of carbonyl (C=O) groups excluding carboxylic acids is 1. The first-order chi connectivity index (χ1) is 18.8. The number of nitrogens with two attached hydrogens (primary N) is 1. The fourth-order valence-electron chi connectivity index (χ4n) is 4.10. The molecule has 4 N–H and O–H groups in total. The van der Waals surface area contributed by atoms with E-state index < -0.39 is 23.1 Å². The highest BCUT2D eigenvalue weighted by Crippen LogP contribution is 2.28. The van der Waals surface area contributed by atoms with Gasteiger partial charge in [-0.25, -0.2) is 18.7 Å². The summed E-state index contributed by atoms with van der Waals surface area (Å²) in [5.41, 5.74) is 7.15. The number of halogens is 2. The lowest BCUT2D eigenvalue weighted by Gasteiger charge is -2.33. The molecule has 3 aromatic heterocycles. The van der Waals surface area contributed by atoms with Crippen LogP contribution in [0.2, 0.25) is 0 Å². The van der Waals surface area contributed by atoms with E-state index in [9.17, 15) is 13.6 Å². The minimum absolute atomic E-state index is 0.302. The number of piperazine rings is 1. The van der Waals surface area contributed by atoms with Crippen molar-refractivity contribution in [3.63, 3.8) is 0 Å². The number of nitroso groups, excluding NO2 is 1. The first-order valence-corrected chi connectivity index (χ1v) is 12.5. The van der Waals surface area contributed by atoms with Crippen molar-refractivity contribution in [2.45, 2.75) is 13.3 Å². The first-order valence-electron chi connectivity index (χ1n) is 12.5. The lowest BCUT2D eigenvalue weighted by molar-refractivity contribution is 0.101. The summed E-state index contributed by atoms with van der Waals surface area (Å²) in [7, 11) is 2.11. The maximum absolute atomic E-state index is 14.2. The third kappa shape index (κ3) is 6.52. The molecule has 0 saturated carbocycles. The van der Waals surface area contributed by atoms with Gasteiger partial charge in [-0.2, -0.15) is 4.91 Å². The standard InChI is InChI=1S/C24H23F2N7O.C3H7NO/c1-32-6-8-33(9-7-32)20-12-14(4-5-28-20)19-11-15-10-16(13-29-23(15)31-19)30-24(34)21-17(25)2-3-18(27)22(21)26;1-2-3-4-5/h2-5,10-13H,6-9,27H2,1H3,(H,29,31)(H,30,34);2-3H2,1H3. The summed E-state index contributed by atoms with van der Waals surface area (Å²) in [6, 6.07) is 9.57. The average Bonchev–Trinajstić information content (AvgIpc) is 3.36. The van der Waals surface area contributed by atoms with E-state index >= 15 is 0 Å². The van der Waals surface area contributed by atoms with E-state index in [0.717, 1.165) is 67.2 Å². The Bertz CT molecular complexity index is 1470. The van der Waals surface area contributed by atoms with E-state index in [1.54, 1.807) is 12.3 Å². The maximum atomic E-state index is 14.2. The molecular formula is C27H30F2N8O2. The molecule has 0 aliphatic carbocycles. The summed E-state index contributed by atoms with van der Waals surface area (Å²) < 4.78 is 28.2. The highest BCUT2D eigenvalue weighted by molar-refractivity contribution is 6.05. The van der Waals surface area contributed by atoms with Crippen LogP contribution in [0.15, 0.2) is 54.0 Å². The van der Waals surface area contributed by atoms with Crippen LogP contribution in [0.1, 0.15) is 23.7 Å². The smallest absolute Gasteiger partial charge is 0.261 e. The number of aromatic amines is 1. The Labute approximate surface area is 224 Å². The SMILES string of the molecule is CCCN=O.CN1CCN(c2cc(-c3cc4cc(NC(=O)c5c(F)ccc(N)c5F)cnc4[nH]3)ccn2)CC1. The number of H-pyrrole nitrogens is 1. The number of hydrogen-bond acceptors (Lipinski definition) is 8. The van der Waals surface area contributed by atoms with Crippen molar-refractivity contribution in [2.75, 3.05) is 55.7 Å². The van der Waals surface area contributed by atoms with Crippen molar-refractivity contribution < 1.29 is 13.6 Å². The average molecular weight is 537 g/mol. The second kappa shape index (κ2) is 12.4. The number of aromatic nitrogens is 3. The topological polar surface area (TPSA) is 133 Å². The molecular weight excluding hydrogens is 506 g/mol. The number of likely N-dealkylation sites (N-methyl/N-ethyl adjacent to an activating group) is 1. The Kier molecular flexibility index (Phi) is 8.77. The summed E-state index contributed by atoms with van der Waals surface area (Å²) in [5.74, 6) is -2.11. The van der Waals surface area contributed by atoms with Gasteiger partial charge in [0.05, 0.1) is 24.1 Å². The number of fused-ring (bicyclic) bond motifs is 1. The molecule has 1 fully saturated rings. The van der Waals surface area contributed by atoms with E-state index in [2.05, 4.69) is 42.3 Å². The molecule has 12 heteroatoms. The van der Waals surface area contributed by atoms with Crippen molar-refractivity contribution in [2.24, 2.45) is 5.18 Å². The zero-order valence-electron chi connectivity index (χ0n) is 21.7. The van der Waals surface area contributed by atoms with Crippen LogP contribution in [0, 0.1) is 16.5 Å². The van der Waals surface area contributed by atoms with Gasteiger partial charge in [0.2, 0.25) is 0 Å². The van der Waals surface area contributed by atoms with E-state index in [4.69, 9.17) is 10.6 Å². The van der Waals surface area contributed by atoms with Crippen molar-refractivity contribution in [1.29, 1.82) is 0 Å². The van der Waals surface area contributed by atoms with Gasteiger partial charge >= 0.3 is 0 Å². The molecule has 1 aliphatic heterocycles. The summed E-state index contributed by atoms with van der Waals surface area (Å²) in [6.45, 7) is 6.18. The number of anilines is 3. The number of benzene rings is 1. The Morgan fingerprint density at radius 1 is 1.13 bits per heavy atom. The number of amides is 1. The van der Waals surface area contributed by atoms with Crippen LogP contribution >= 0.6 is 0 Å². The van der Waals surface area contributed by atoms with Gasteiger partial charge in [0.1, 0.15) is 22.8 Å². The molecule has 10 nitrogen and oxygen atoms in total. The highest BCUT2D eigenvalue weighted by Gasteiger charge is 2.20. The van der Waals surface area contributed by atoms with Crippen molar-refractivity contribution in [3.8, 4) is 11.3 Å². The number of nitrogen functional groups attached to an aromatic ring is 1. The van der Waals surface area contributed by atoms with Crippen LogP contribution in [0.4, 0.5) is 26.0 Å². The number of rotatable bonds is 6. The molecule has 1 amide bonds. The van der Waals surface area contributed by atoms with E-state index in [1.807, 2.05) is 25.1 Å². The number of nitrogens with zero attached hydrogens (tertiary/aromatic N) is 5. The Balaban J connectivity index is 0.000000648. The normalized spacial score (nSPS) is 13.6. The molecule has 0 spiro atoms. The number of nitrogens with one attached hydrogen (secondary N) is 2. The third-order valence-corrected chi connectivity index (χ3v) is 6.27. The lowest BCUT2D eigenvalue weighted by atomic mass is 10.1. The molecule has 39 heavy (non-hydrogen) atoms. The molecule has 0 bridgehead atoms. The van der Waals surface area contributed by atoms with Gasteiger partial charge < -0.3 is 25.8 Å². The Morgan fingerprint density at radius 3 is 2.59 bits per heavy atom. The van der Waals surface area contributed by atoms with Crippen LogP contribution in [-0.2, 0) is 0 Å². The largest absolute Gasteiger partial charge is 0.396 e. The summed E-state index contributed by atoms with van der Waals surface area (Å²) in [5, 5.41) is 5.83. The molecule has 4 aromatic rings. The fourth-order valence-corrected chi connectivity index (χ4v) is 4.10. The molecule has 0 atom stereocenters. The van der Waals surface area contributed by atoms with Crippen molar-refractivity contribution in [3.05, 3.63) is 70.9 Å². The van der Waals surface area contributed by atoms with Crippen LogP contribution < -0.4 is 16.0 Å². The maximum Gasteiger partial charge on any atom is 0.261 e. The van der Waals surface area contributed by atoms with E-state index in [0.29, 0.717) is 17.9 Å². The molecule has 1 aliphatic rings. The molecule has 0 radical (unpaired) electrons. The quantitative estimate of drug-likeness (QED) is 0.241. The van der Waals surface area contributed by atoms with Gasteiger partial charge in [-0.1, -0.05) is 12.1 Å². The molecule has 4 heterocycles. The highest BCUT2D eigenvalue weighted by atomic mass is 19.1. The Hall–Kier alpha value is -4.45. The molecule has 1 aromatic carbocycles. The second-order valence-corrected chi connectivity index (χ2v) is 9.17. The van der Waals surface area contributed by atoms with Crippen molar-refractivity contribution >= 4 is 34.1 Å². The number of hydrogen-bond donors (Lipinski definition) is 3. The second-order valence-electron chi connectivity index (χ2n) is 9.17. The molecule has 204 valence electrons. The van der Waals surface area contributed by atoms with Crippen LogP contribution in [-0.4, -0.2) is 65.5 Å². The first kappa shape index (κ1) is 27.6. The van der Waals surface area contributed by atoms with E-state index in [1.165, 1.54) is 6.20 Å². The monoisotopic (exact) mass is 536 g/mol. The van der Waals surface area contributed by atoms with Gasteiger partial charge in [0.15, 0.2) is 5.82 Å². The number of pyridine rings is 2. The zero-order valence-corrected chi connectivity index (χ0v) is 21.7. The summed E-state index contributed by atoms with van der Waals surface area (Å²) in [6.07, 6.45) is 4.07. The van der Waals surface area contributed by atoms with Crippen LogP contribution in [0.5, 0.6) is 0 Å². The minimum atomic E-state index is -1.09. The van der Waals surface area contributed by atoms with Gasteiger partial charge in [0, 0.05) is 49.0 Å². The summed E-state index contributed by atoms with van der Waals surface area (Å²) >= 11 is 0. The van der Waals surface area contributed by atoms with E-state index in [-0.39, 0.29) is 5.69 Å². The lowest BCUT2D eigenvalue weighted by Crippen LogP contribution is -2.44.